The van der Waals surface area contributed by atoms with Crippen molar-refractivity contribution in [2.75, 3.05) is 6.61 Å². The standard InChI is InChI=1S/C19H22BrNO2/c1-19(2,3)21-18(22)15-9-10-17(16(20)13-15)23-12-11-14-7-5-4-6-8-14/h4-10,13H,11-12H2,1-3H3,(H,21,22). The van der Waals surface area contributed by atoms with Crippen LogP contribution >= 0.6 is 15.9 Å². The molecule has 0 aromatic heterocycles. The van der Waals surface area contributed by atoms with Gasteiger partial charge in [-0.1, -0.05) is 30.3 Å². The first kappa shape index (κ1) is 17.5. The fourth-order valence-corrected chi connectivity index (χ4v) is 2.59. The third-order valence-electron chi connectivity index (χ3n) is 3.17. The van der Waals surface area contributed by atoms with E-state index in [-0.39, 0.29) is 11.4 Å². The molecule has 0 aliphatic heterocycles. The van der Waals surface area contributed by atoms with Gasteiger partial charge in [-0.2, -0.15) is 0 Å². The predicted molar refractivity (Wildman–Crippen MR) is 97.0 cm³/mol. The minimum absolute atomic E-state index is 0.0889. The summed E-state index contributed by atoms with van der Waals surface area (Å²) >= 11 is 3.48. The van der Waals surface area contributed by atoms with E-state index in [0.29, 0.717) is 12.2 Å². The highest BCUT2D eigenvalue weighted by Gasteiger charge is 2.16. The van der Waals surface area contributed by atoms with E-state index >= 15 is 0 Å². The average Bonchev–Trinajstić information content (AvgIpc) is 2.48. The SMILES string of the molecule is CC(C)(C)NC(=O)c1ccc(OCCc2ccccc2)c(Br)c1. The molecular weight excluding hydrogens is 354 g/mol. The molecule has 0 saturated carbocycles. The van der Waals surface area contributed by atoms with E-state index in [1.807, 2.05) is 45.0 Å². The maximum absolute atomic E-state index is 12.2. The van der Waals surface area contributed by atoms with Crippen LogP contribution in [-0.4, -0.2) is 18.1 Å². The first-order valence-electron chi connectivity index (χ1n) is 7.64. The molecule has 0 radical (unpaired) electrons. The number of rotatable bonds is 5. The van der Waals surface area contributed by atoms with Crippen LogP contribution in [0.25, 0.3) is 0 Å². The average molecular weight is 376 g/mol. The third-order valence-corrected chi connectivity index (χ3v) is 3.79. The zero-order valence-corrected chi connectivity index (χ0v) is 15.3. The van der Waals surface area contributed by atoms with E-state index in [0.717, 1.165) is 16.6 Å². The van der Waals surface area contributed by atoms with Crippen LogP contribution in [0, 0.1) is 0 Å². The Balaban J connectivity index is 1.95. The molecule has 0 atom stereocenters. The lowest BCUT2D eigenvalue weighted by molar-refractivity contribution is 0.0919. The molecule has 3 nitrogen and oxygen atoms in total. The van der Waals surface area contributed by atoms with Crippen LogP contribution in [0.15, 0.2) is 53.0 Å². The molecule has 2 aromatic carbocycles. The lowest BCUT2D eigenvalue weighted by atomic mass is 10.1. The molecule has 4 heteroatoms. The van der Waals surface area contributed by atoms with Gasteiger partial charge in [-0.15, -0.1) is 0 Å². The number of amides is 1. The Morgan fingerprint density at radius 2 is 1.83 bits per heavy atom. The van der Waals surface area contributed by atoms with Crippen molar-refractivity contribution < 1.29 is 9.53 Å². The molecule has 2 rings (SSSR count). The molecule has 0 saturated heterocycles. The van der Waals surface area contributed by atoms with Gasteiger partial charge in [0, 0.05) is 17.5 Å². The molecule has 0 bridgehead atoms. The molecule has 0 aliphatic carbocycles. The van der Waals surface area contributed by atoms with Gasteiger partial charge in [0.25, 0.3) is 5.91 Å². The lowest BCUT2D eigenvalue weighted by Crippen LogP contribution is -2.40. The van der Waals surface area contributed by atoms with Gasteiger partial charge in [-0.3, -0.25) is 4.79 Å². The van der Waals surface area contributed by atoms with E-state index in [1.165, 1.54) is 5.56 Å². The number of carbonyl (C=O) groups is 1. The van der Waals surface area contributed by atoms with Crippen LogP contribution in [0.3, 0.4) is 0 Å². The normalized spacial score (nSPS) is 11.1. The van der Waals surface area contributed by atoms with Gasteiger partial charge in [-0.05, 0) is 60.5 Å². The van der Waals surface area contributed by atoms with Crippen LogP contribution in [0.4, 0.5) is 0 Å². The number of hydrogen-bond acceptors (Lipinski definition) is 2. The summed E-state index contributed by atoms with van der Waals surface area (Å²) in [5, 5.41) is 2.95. The molecule has 0 unspecified atom stereocenters. The Hall–Kier alpha value is -1.81. The maximum atomic E-state index is 12.2. The fourth-order valence-electron chi connectivity index (χ4n) is 2.10. The summed E-state index contributed by atoms with van der Waals surface area (Å²) in [5.74, 6) is 0.655. The first-order valence-corrected chi connectivity index (χ1v) is 8.43. The monoisotopic (exact) mass is 375 g/mol. The van der Waals surface area contributed by atoms with Gasteiger partial charge in [0.15, 0.2) is 0 Å². The second-order valence-electron chi connectivity index (χ2n) is 6.43. The van der Waals surface area contributed by atoms with E-state index in [4.69, 9.17) is 4.74 Å². The topological polar surface area (TPSA) is 38.3 Å². The second kappa shape index (κ2) is 7.64. The van der Waals surface area contributed by atoms with Crippen molar-refractivity contribution in [3.05, 3.63) is 64.1 Å². The number of halogens is 1. The quantitative estimate of drug-likeness (QED) is 0.828. The third kappa shape index (κ3) is 5.71. The molecule has 2 aromatic rings. The van der Waals surface area contributed by atoms with Crippen LogP contribution in [-0.2, 0) is 6.42 Å². The van der Waals surface area contributed by atoms with Crippen LogP contribution in [0.2, 0.25) is 0 Å². The molecule has 0 fully saturated rings. The molecular formula is C19H22BrNO2. The van der Waals surface area contributed by atoms with E-state index in [9.17, 15) is 4.79 Å². The number of hydrogen-bond donors (Lipinski definition) is 1. The summed E-state index contributed by atoms with van der Waals surface area (Å²) in [6, 6.07) is 15.6. The summed E-state index contributed by atoms with van der Waals surface area (Å²) in [6.45, 7) is 6.47. The molecule has 0 heterocycles. The van der Waals surface area contributed by atoms with Gasteiger partial charge in [0.05, 0.1) is 11.1 Å². The Morgan fingerprint density at radius 1 is 1.13 bits per heavy atom. The highest BCUT2D eigenvalue weighted by molar-refractivity contribution is 9.10. The Morgan fingerprint density at radius 3 is 2.43 bits per heavy atom. The van der Waals surface area contributed by atoms with Crippen LogP contribution in [0.5, 0.6) is 5.75 Å². The number of benzene rings is 2. The van der Waals surface area contributed by atoms with Crippen LogP contribution < -0.4 is 10.1 Å². The van der Waals surface area contributed by atoms with E-state index < -0.39 is 0 Å². The van der Waals surface area contributed by atoms with Gasteiger partial charge < -0.3 is 10.1 Å². The number of ether oxygens (including phenoxy) is 1. The molecule has 0 aliphatic rings. The van der Waals surface area contributed by atoms with Gasteiger partial charge in [0.2, 0.25) is 0 Å². The van der Waals surface area contributed by atoms with Gasteiger partial charge in [0.1, 0.15) is 5.75 Å². The van der Waals surface area contributed by atoms with Crippen molar-refractivity contribution in [2.24, 2.45) is 0 Å². The molecule has 1 amide bonds. The summed E-state index contributed by atoms with van der Waals surface area (Å²) < 4.78 is 6.58. The molecule has 1 N–H and O–H groups in total. The Kier molecular flexibility index (Phi) is 5.83. The number of nitrogens with one attached hydrogen (secondary N) is 1. The van der Waals surface area contributed by atoms with Crippen LogP contribution in [0.1, 0.15) is 36.7 Å². The zero-order valence-electron chi connectivity index (χ0n) is 13.7. The maximum Gasteiger partial charge on any atom is 0.251 e. The molecule has 23 heavy (non-hydrogen) atoms. The highest BCUT2D eigenvalue weighted by Crippen LogP contribution is 2.26. The van der Waals surface area contributed by atoms with Crippen molar-refractivity contribution in [1.29, 1.82) is 0 Å². The summed E-state index contributed by atoms with van der Waals surface area (Å²) in [4.78, 5) is 12.2. The summed E-state index contributed by atoms with van der Waals surface area (Å²) in [6.07, 6.45) is 0.847. The summed E-state index contributed by atoms with van der Waals surface area (Å²) in [7, 11) is 0. The van der Waals surface area contributed by atoms with Crippen molar-refractivity contribution in [3.63, 3.8) is 0 Å². The first-order chi connectivity index (χ1) is 10.8. The van der Waals surface area contributed by atoms with Gasteiger partial charge in [-0.25, -0.2) is 0 Å². The number of carbonyl (C=O) groups excluding carboxylic acids is 1. The second-order valence-corrected chi connectivity index (χ2v) is 7.29. The van der Waals surface area contributed by atoms with Crippen molar-refractivity contribution in [2.45, 2.75) is 32.7 Å². The molecule has 0 spiro atoms. The largest absolute Gasteiger partial charge is 0.492 e. The summed E-state index contributed by atoms with van der Waals surface area (Å²) in [5.41, 5.74) is 1.60. The minimum Gasteiger partial charge on any atom is -0.492 e. The molecule has 122 valence electrons. The van der Waals surface area contributed by atoms with Crippen molar-refractivity contribution in [1.82, 2.24) is 5.32 Å². The minimum atomic E-state index is -0.256. The van der Waals surface area contributed by atoms with E-state index in [1.54, 1.807) is 12.1 Å². The zero-order chi connectivity index (χ0) is 16.9. The smallest absolute Gasteiger partial charge is 0.251 e. The highest BCUT2D eigenvalue weighted by atomic mass is 79.9. The predicted octanol–water partition coefficient (Wildman–Crippen LogP) is 4.60. The lowest BCUT2D eigenvalue weighted by Gasteiger charge is -2.20. The Labute approximate surface area is 146 Å². The Bertz CT molecular complexity index is 663. The van der Waals surface area contributed by atoms with Crippen molar-refractivity contribution in [3.8, 4) is 5.75 Å². The van der Waals surface area contributed by atoms with Crippen molar-refractivity contribution >= 4 is 21.8 Å². The van der Waals surface area contributed by atoms with E-state index in [2.05, 4.69) is 33.4 Å². The van der Waals surface area contributed by atoms with Gasteiger partial charge >= 0.3 is 0 Å². The fraction of sp³-hybridized carbons (Fsp3) is 0.316.